The zero-order valence-corrected chi connectivity index (χ0v) is 10.7. The quantitative estimate of drug-likeness (QED) is 0.724. The number of aromatic nitrogens is 1. The van der Waals surface area contributed by atoms with Crippen LogP contribution in [0.1, 0.15) is 16.8 Å². The Bertz CT molecular complexity index is 587. The first-order valence-electron chi connectivity index (χ1n) is 5.99. The molecule has 1 unspecified atom stereocenters. The van der Waals surface area contributed by atoms with E-state index in [4.69, 9.17) is 5.73 Å². The number of carbonyl (C=O) groups excluding carboxylic acids is 1. The molecule has 4 nitrogen and oxygen atoms in total. The van der Waals surface area contributed by atoms with Crippen molar-refractivity contribution in [3.63, 3.8) is 0 Å². The lowest BCUT2D eigenvalue weighted by molar-refractivity contribution is 0.0943. The third-order valence-corrected chi connectivity index (χ3v) is 4.38. The van der Waals surface area contributed by atoms with Gasteiger partial charge in [-0.3, -0.25) is 4.79 Å². The summed E-state index contributed by atoms with van der Waals surface area (Å²) in [6, 6.07) is 5.86. The Labute approximate surface area is 109 Å². The predicted molar refractivity (Wildman–Crippen MR) is 75.9 cm³/mol. The highest BCUT2D eigenvalue weighted by Gasteiger charge is 2.20. The van der Waals surface area contributed by atoms with Gasteiger partial charge in [0, 0.05) is 34.6 Å². The fraction of sp³-hybridized carbons (Fsp3) is 0.308. The molecule has 1 saturated heterocycles. The van der Waals surface area contributed by atoms with Crippen LogP contribution in [0.15, 0.2) is 24.4 Å². The van der Waals surface area contributed by atoms with Gasteiger partial charge in [0.2, 0.25) is 0 Å². The van der Waals surface area contributed by atoms with Crippen molar-refractivity contribution >= 4 is 34.3 Å². The predicted octanol–water partition coefficient (Wildman–Crippen LogP) is 1.99. The number of hydrogen-bond donors (Lipinski definition) is 3. The molecular weight excluding hydrogens is 246 g/mol. The fourth-order valence-corrected chi connectivity index (χ4v) is 3.40. The summed E-state index contributed by atoms with van der Waals surface area (Å²) >= 11 is 1.89. The summed E-state index contributed by atoms with van der Waals surface area (Å²) < 4.78 is 0. The zero-order chi connectivity index (χ0) is 12.5. The summed E-state index contributed by atoms with van der Waals surface area (Å²) in [6.07, 6.45) is 2.81. The maximum absolute atomic E-state index is 12.2. The monoisotopic (exact) mass is 261 g/mol. The summed E-state index contributed by atoms with van der Waals surface area (Å²) in [5, 5.41) is 4.00. The Kier molecular flexibility index (Phi) is 2.91. The Morgan fingerprint density at radius 1 is 1.50 bits per heavy atom. The molecule has 1 aromatic carbocycles. The van der Waals surface area contributed by atoms with Gasteiger partial charge in [0.25, 0.3) is 5.91 Å². The minimum Gasteiger partial charge on any atom is -0.399 e. The number of H-pyrrole nitrogens is 1. The first-order valence-corrected chi connectivity index (χ1v) is 7.15. The van der Waals surface area contributed by atoms with E-state index >= 15 is 0 Å². The van der Waals surface area contributed by atoms with Crippen LogP contribution < -0.4 is 11.1 Å². The smallest absolute Gasteiger partial charge is 0.253 e. The third-order valence-electron chi connectivity index (χ3n) is 3.22. The van der Waals surface area contributed by atoms with Gasteiger partial charge in [0.05, 0.1) is 5.56 Å². The number of anilines is 1. The van der Waals surface area contributed by atoms with Crippen molar-refractivity contribution in [2.75, 3.05) is 17.2 Å². The lowest BCUT2D eigenvalue weighted by Gasteiger charge is -2.10. The second-order valence-corrected chi connectivity index (χ2v) is 5.69. The lowest BCUT2D eigenvalue weighted by atomic mass is 10.1. The Hall–Kier alpha value is -1.62. The minimum atomic E-state index is -0.00137. The minimum absolute atomic E-state index is 0.00137. The van der Waals surface area contributed by atoms with Crippen molar-refractivity contribution in [2.24, 2.45) is 0 Å². The van der Waals surface area contributed by atoms with Gasteiger partial charge in [0.15, 0.2) is 0 Å². The van der Waals surface area contributed by atoms with E-state index in [0.717, 1.165) is 28.8 Å². The molecule has 1 amide bonds. The summed E-state index contributed by atoms with van der Waals surface area (Å²) in [5.74, 6) is 2.15. The van der Waals surface area contributed by atoms with E-state index in [1.165, 1.54) is 0 Å². The number of thioether (sulfide) groups is 1. The molecule has 1 aliphatic rings. The van der Waals surface area contributed by atoms with Crippen molar-refractivity contribution in [1.82, 2.24) is 10.3 Å². The molecule has 0 spiro atoms. The molecule has 3 rings (SSSR count). The molecule has 0 aliphatic carbocycles. The second-order valence-electron chi connectivity index (χ2n) is 4.54. The lowest BCUT2D eigenvalue weighted by Crippen LogP contribution is -2.34. The number of benzene rings is 1. The fourth-order valence-electron chi connectivity index (χ4n) is 2.24. The largest absolute Gasteiger partial charge is 0.399 e. The second kappa shape index (κ2) is 4.57. The normalized spacial score (nSPS) is 19.2. The van der Waals surface area contributed by atoms with Gasteiger partial charge in [-0.2, -0.15) is 11.8 Å². The van der Waals surface area contributed by atoms with E-state index < -0.39 is 0 Å². The van der Waals surface area contributed by atoms with Gasteiger partial charge >= 0.3 is 0 Å². The van der Waals surface area contributed by atoms with Crippen molar-refractivity contribution in [3.05, 3.63) is 30.0 Å². The molecule has 18 heavy (non-hydrogen) atoms. The summed E-state index contributed by atoms with van der Waals surface area (Å²) in [5.41, 5.74) is 8.02. The van der Waals surface area contributed by atoms with Gasteiger partial charge in [0.1, 0.15) is 0 Å². The molecule has 1 fully saturated rings. The molecule has 2 heterocycles. The first kappa shape index (κ1) is 11.5. The van der Waals surface area contributed by atoms with Crippen LogP contribution in [0.4, 0.5) is 5.69 Å². The summed E-state index contributed by atoms with van der Waals surface area (Å²) in [6.45, 7) is 0. The number of aromatic amines is 1. The van der Waals surface area contributed by atoms with Crippen LogP contribution in [0.25, 0.3) is 10.9 Å². The highest BCUT2D eigenvalue weighted by molar-refractivity contribution is 7.99. The van der Waals surface area contributed by atoms with E-state index in [1.54, 1.807) is 6.20 Å². The molecule has 4 N–H and O–H groups in total. The Morgan fingerprint density at radius 3 is 3.17 bits per heavy atom. The molecule has 0 bridgehead atoms. The van der Waals surface area contributed by atoms with Gasteiger partial charge in [-0.05, 0) is 30.4 Å². The highest BCUT2D eigenvalue weighted by Crippen LogP contribution is 2.22. The molecular formula is C13H15N3OS. The van der Waals surface area contributed by atoms with Crippen LogP contribution in [-0.4, -0.2) is 28.4 Å². The number of amides is 1. The Balaban J connectivity index is 1.86. The van der Waals surface area contributed by atoms with Gasteiger partial charge in [-0.1, -0.05) is 0 Å². The first-order chi connectivity index (χ1) is 8.74. The number of nitrogen functional groups attached to an aromatic ring is 1. The number of nitrogens with two attached hydrogens (primary N) is 1. The van der Waals surface area contributed by atoms with Crippen molar-refractivity contribution in [2.45, 2.75) is 12.5 Å². The maximum Gasteiger partial charge on any atom is 0.253 e. The number of fused-ring (bicyclic) bond motifs is 1. The molecule has 2 aromatic rings. The van der Waals surface area contributed by atoms with Crippen LogP contribution in [0.5, 0.6) is 0 Å². The van der Waals surface area contributed by atoms with E-state index in [9.17, 15) is 4.79 Å². The van der Waals surface area contributed by atoms with Crippen LogP contribution in [0, 0.1) is 0 Å². The topological polar surface area (TPSA) is 70.9 Å². The van der Waals surface area contributed by atoms with Crippen molar-refractivity contribution in [3.8, 4) is 0 Å². The number of nitrogens with one attached hydrogen (secondary N) is 2. The number of hydrogen-bond acceptors (Lipinski definition) is 3. The van der Waals surface area contributed by atoms with Gasteiger partial charge < -0.3 is 16.0 Å². The van der Waals surface area contributed by atoms with E-state index in [1.807, 2.05) is 30.0 Å². The maximum atomic E-state index is 12.2. The molecule has 0 saturated carbocycles. The van der Waals surface area contributed by atoms with Crippen molar-refractivity contribution in [1.29, 1.82) is 0 Å². The summed E-state index contributed by atoms with van der Waals surface area (Å²) in [4.78, 5) is 15.3. The number of carbonyl (C=O) groups is 1. The zero-order valence-electron chi connectivity index (χ0n) is 9.90. The molecule has 1 atom stereocenters. The van der Waals surface area contributed by atoms with Gasteiger partial charge in [-0.15, -0.1) is 0 Å². The third kappa shape index (κ3) is 2.06. The van der Waals surface area contributed by atoms with Crippen molar-refractivity contribution < 1.29 is 4.79 Å². The molecule has 5 heteroatoms. The van der Waals surface area contributed by atoms with Crippen LogP contribution in [0.3, 0.4) is 0 Å². The standard InChI is InChI=1S/C13H15N3OS/c14-8-1-2-10-11(6-15-12(10)5-8)13(17)16-9-3-4-18-7-9/h1-2,5-6,9,15H,3-4,7,14H2,(H,16,17). The van der Waals surface area contributed by atoms with E-state index in [2.05, 4.69) is 10.3 Å². The summed E-state index contributed by atoms with van der Waals surface area (Å²) in [7, 11) is 0. The van der Waals surface area contributed by atoms with Gasteiger partial charge in [-0.25, -0.2) is 0 Å². The average Bonchev–Trinajstić information content (AvgIpc) is 2.97. The number of rotatable bonds is 2. The molecule has 94 valence electrons. The van der Waals surface area contributed by atoms with E-state index in [0.29, 0.717) is 17.3 Å². The molecule has 0 radical (unpaired) electrons. The van der Waals surface area contributed by atoms with Crippen LogP contribution in [-0.2, 0) is 0 Å². The Morgan fingerprint density at radius 2 is 2.39 bits per heavy atom. The molecule has 1 aromatic heterocycles. The van der Waals surface area contributed by atoms with Crippen LogP contribution in [0.2, 0.25) is 0 Å². The highest BCUT2D eigenvalue weighted by atomic mass is 32.2. The SMILES string of the molecule is Nc1ccc2c(C(=O)NC3CCSC3)c[nH]c2c1. The average molecular weight is 261 g/mol. The molecule has 1 aliphatic heterocycles. The van der Waals surface area contributed by atoms with E-state index in [-0.39, 0.29) is 5.91 Å². The van der Waals surface area contributed by atoms with Crippen LogP contribution >= 0.6 is 11.8 Å².